The lowest BCUT2D eigenvalue weighted by Crippen LogP contribution is -2.59. The molecule has 0 atom stereocenters. The lowest BCUT2D eigenvalue weighted by atomic mass is 10.1. The largest absolute Gasteiger partial charge is 0.436 e. The van der Waals surface area contributed by atoms with Crippen LogP contribution in [-0.2, 0) is 8.23 Å². The predicted octanol–water partition coefficient (Wildman–Crippen LogP) is 20.6. The molecule has 0 aliphatic carbocycles. The smallest absolute Gasteiger partial charge is 0.317 e. The van der Waals surface area contributed by atoms with Crippen LogP contribution in [0, 0.1) is 0 Å². The summed E-state index contributed by atoms with van der Waals surface area (Å²) in [6.07, 6.45) is 50.4. The van der Waals surface area contributed by atoms with Crippen molar-refractivity contribution < 1.29 is 8.23 Å². The molecule has 344 valence electrons. The van der Waals surface area contributed by atoms with Crippen LogP contribution in [0.25, 0.3) is 0 Å². The Kier molecular flexibility index (Phi) is 42.3. The van der Waals surface area contributed by atoms with Gasteiger partial charge >= 0.3 is 8.56 Å². The molecule has 0 rings (SSSR count). The highest BCUT2D eigenvalue weighted by Crippen LogP contribution is 2.41. The zero-order valence-corrected chi connectivity index (χ0v) is 44.4. The molecule has 0 aliphatic heterocycles. The quantitative estimate of drug-likeness (QED) is 0.0448. The summed E-state index contributed by atoms with van der Waals surface area (Å²) in [7, 11) is -6.37. The summed E-state index contributed by atoms with van der Waals surface area (Å²) in [6.45, 7) is 19.3. The molecule has 0 aliphatic rings. The summed E-state index contributed by atoms with van der Waals surface area (Å²) in [5, 5.41) is 0. The van der Waals surface area contributed by atoms with Gasteiger partial charge in [-0.2, -0.15) is 0 Å². The molecule has 0 bridgehead atoms. The molecule has 5 heteroatoms. The van der Waals surface area contributed by atoms with E-state index < -0.39 is 25.2 Å². The topological polar surface area (TPSA) is 18.5 Å². The molecule has 0 radical (unpaired) electrons. The Morgan fingerprint density at radius 2 is 0.386 bits per heavy atom. The van der Waals surface area contributed by atoms with Gasteiger partial charge in [-0.05, 0) is 48.4 Å². The molecule has 0 aromatic heterocycles. The van der Waals surface area contributed by atoms with Crippen molar-refractivity contribution >= 4 is 25.2 Å². The van der Waals surface area contributed by atoms with Gasteiger partial charge in [-0.15, -0.1) is 0 Å². The van der Waals surface area contributed by atoms with Crippen molar-refractivity contribution in [2.24, 2.45) is 0 Å². The first-order chi connectivity index (χ1) is 27.9. The van der Waals surface area contributed by atoms with E-state index >= 15 is 0 Å². The average Bonchev–Trinajstić information content (AvgIpc) is 3.22. The monoisotopic (exact) mass is 853 g/mol. The molecule has 0 spiro atoms. The van der Waals surface area contributed by atoms with Crippen molar-refractivity contribution in [2.45, 2.75) is 335 Å². The van der Waals surface area contributed by atoms with Crippen molar-refractivity contribution in [3.63, 3.8) is 0 Å². The molecule has 0 unspecified atom stereocenters. The zero-order chi connectivity index (χ0) is 42.0. The lowest BCUT2D eigenvalue weighted by Gasteiger charge is -2.47. The Hall–Kier alpha value is 0.571. The van der Waals surface area contributed by atoms with E-state index in [2.05, 4.69) is 55.4 Å². The SMILES string of the molecule is CCCCCCCC[Si](CC)(CCCCCCCC)O[Si](CCCCCCCC)(CCCCCCCC)O[Si](CC)(CCCCCCCC)CCCCCCCC. The standard InChI is InChI=1S/C52H112O2Si3/c1-9-17-23-29-35-41-47-55(15-7,48-42-36-30-24-18-10-2)53-57(51-45-39-33-27-21-13-5,52-46-40-34-28-22-14-6)54-56(16-8,49-43-37-31-25-19-11-3)50-44-38-32-26-20-12-4/h9-52H2,1-8H3. The van der Waals surface area contributed by atoms with E-state index in [4.69, 9.17) is 8.23 Å². The molecular weight excluding hydrogens is 741 g/mol. The van der Waals surface area contributed by atoms with Crippen LogP contribution in [0.3, 0.4) is 0 Å². The van der Waals surface area contributed by atoms with Gasteiger partial charge in [0.15, 0.2) is 16.6 Å². The van der Waals surface area contributed by atoms with Gasteiger partial charge in [0, 0.05) is 0 Å². The number of rotatable bonds is 48. The van der Waals surface area contributed by atoms with Crippen LogP contribution >= 0.6 is 0 Å². The highest BCUT2D eigenvalue weighted by Gasteiger charge is 2.50. The van der Waals surface area contributed by atoms with E-state index in [-0.39, 0.29) is 0 Å². The third kappa shape index (κ3) is 32.0. The Morgan fingerprint density at radius 1 is 0.211 bits per heavy atom. The number of hydrogen-bond acceptors (Lipinski definition) is 2. The Bertz CT molecular complexity index is 695. The minimum absolute atomic E-state index is 1.30. The first kappa shape index (κ1) is 57.6. The van der Waals surface area contributed by atoms with Crippen LogP contribution in [-0.4, -0.2) is 25.2 Å². The average molecular weight is 854 g/mol. The summed E-state index contributed by atoms with van der Waals surface area (Å²) in [6, 6.07) is 10.9. The first-order valence-electron chi connectivity index (χ1n) is 27.3. The van der Waals surface area contributed by atoms with E-state index in [0.717, 1.165) is 0 Å². The van der Waals surface area contributed by atoms with E-state index in [9.17, 15) is 0 Å². The molecular formula is C52H112O2Si3. The van der Waals surface area contributed by atoms with Gasteiger partial charge < -0.3 is 8.23 Å². The molecule has 2 nitrogen and oxygen atoms in total. The summed E-state index contributed by atoms with van der Waals surface area (Å²) < 4.78 is 16.9. The summed E-state index contributed by atoms with van der Waals surface area (Å²) >= 11 is 0. The van der Waals surface area contributed by atoms with Crippen molar-refractivity contribution in [3.8, 4) is 0 Å². The van der Waals surface area contributed by atoms with E-state index in [1.165, 1.54) is 280 Å². The summed E-state index contributed by atoms with van der Waals surface area (Å²) in [5.74, 6) is 0. The maximum atomic E-state index is 8.45. The Balaban J connectivity index is 6.89. The van der Waals surface area contributed by atoms with Gasteiger partial charge in [-0.1, -0.05) is 287 Å². The highest BCUT2D eigenvalue weighted by atomic mass is 28.5. The van der Waals surface area contributed by atoms with Gasteiger partial charge in [0.1, 0.15) is 0 Å². The van der Waals surface area contributed by atoms with Crippen LogP contribution in [0.5, 0.6) is 0 Å². The second-order valence-electron chi connectivity index (χ2n) is 19.3. The van der Waals surface area contributed by atoms with E-state index in [1.807, 2.05) is 0 Å². The Morgan fingerprint density at radius 3 is 0.579 bits per heavy atom. The minimum atomic E-state index is -2.45. The molecule has 0 heterocycles. The minimum Gasteiger partial charge on any atom is -0.436 e. The van der Waals surface area contributed by atoms with Gasteiger partial charge in [0.25, 0.3) is 0 Å². The van der Waals surface area contributed by atoms with Gasteiger partial charge in [-0.3, -0.25) is 0 Å². The van der Waals surface area contributed by atoms with Crippen molar-refractivity contribution in [1.82, 2.24) is 0 Å². The van der Waals surface area contributed by atoms with Gasteiger partial charge in [-0.25, -0.2) is 0 Å². The highest BCUT2D eigenvalue weighted by molar-refractivity contribution is 6.90. The molecule has 57 heavy (non-hydrogen) atoms. The van der Waals surface area contributed by atoms with E-state index in [1.54, 1.807) is 0 Å². The predicted molar refractivity (Wildman–Crippen MR) is 269 cm³/mol. The lowest BCUT2D eigenvalue weighted by molar-refractivity contribution is 0.343. The molecule has 0 aromatic carbocycles. The molecule has 0 saturated carbocycles. The van der Waals surface area contributed by atoms with Crippen molar-refractivity contribution in [1.29, 1.82) is 0 Å². The fourth-order valence-corrected chi connectivity index (χ4v) is 28.3. The Labute approximate surface area is 366 Å². The molecule has 0 saturated heterocycles. The third-order valence-corrected chi connectivity index (χ3v) is 30.2. The second-order valence-corrected chi connectivity index (χ2v) is 31.9. The second kappa shape index (κ2) is 41.9. The summed E-state index contributed by atoms with van der Waals surface area (Å²) in [4.78, 5) is 0. The zero-order valence-electron chi connectivity index (χ0n) is 41.4. The van der Waals surface area contributed by atoms with Crippen molar-refractivity contribution in [3.05, 3.63) is 0 Å². The fraction of sp³-hybridized carbons (Fsp3) is 1.00. The maximum absolute atomic E-state index is 8.45. The van der Waals surface area contributed by atoms with Gasteiger partial charge in [0.05, 0.1) is 0 Å². The van der Waals surface area contributed by atoms with Gasteiger partial charge in [0.2, 0.25) is 0 Å². The van der Waals surface area contributed by atoms with Crippen LogP contribution in [0.1, 0.15) is 287 Å². The molecule has 0 aromatic rings. The number of hydrogen-bond donors (Lipinski definition) is 0. The molecule has 0 fully saturated rings. The summed E-state index contributed by atoms with van der Waals surface area (Å²) in [5.41, 5.74) is 0. The first-order valence-corrected chi connectivity index (χ1v) is 34.6. The van der Waals surface area contributed by atoms with Crippen LogP contribution in [0.2, 0.25) is 48.4 Å². The third-order valence-electron chi connectivity index (χ3n) is 13.9. The van der Waals surface area contributed by atoms with Crippen LogP contribution in [0.4, 0.5) is 0 Å². The molecule has 0 amide bonds. The normalized spacial score (nSPS) is 12.6. The van der Waals surface area contributed by atoms with Crippen molar-refractivity contribution in [2.75, 3.05) is 0 Å². The van der Waals surface area contributed by atoms with Crippen LogP contribution in [0.15, 0.2) is 0 Å². The maximum Gasteiger partial charge on any atom is 0.317 e. The van der Waals surface area contributed by atoms with E-state index in [0.29, 0.717) is 0 Å². The van der Waals surface area contributed by atoms with Crippen LogP contribution < -0.4 is 0 Å². The number of unbranched alkanes of at least 4 members (excludes halogenated alkanes) is 30. The fourth-order valence-electron chi connectivity index (χ4n) is 9.70. The molecule has 0 N–H and O–H groups in total.